The van der Waals surface area contributed by atoms with Gasteiger partial charge >= 0.3 is 5.97 Å². The average molecular weight is 281 g/mol. The summed E-state index contributed by atoms with van der Waals surface area (Å²) in [5.41, 5.74) is 0.382. The predicted octanol–water partition coefficient (Wildman–Crippen LogP) is 2.82. The minimum Gasteiger partial charge on any atom is -0.481 e. The third-order valence-corrected chi connectivity index (χ3v) is 5.14. The van der Waals surface area contributed by atoms with Gasteiger partial charge in [0.25, 0.3) is 0 Å². The van der Waals surface area contributed by atoms with E-state index in [1.807, 2.05) is 6.92 Å². The Morgan fingerprint density at radius 1 is 1.10 bits per heavy atom. The lowest BCUT2D eigenvalue weighted by Crippen LogP contribution is -2.43. The highest BCUT2D eigenvalue weighted by Crippen LogP contribution is 2.38. The minimum absolute atomic E-state index is 0.0357. The fraction of sp³-hybridized carbons (Fsp3) is 0.875. The van der Waals surface area contributed by atoms with E-state index in [2.05, 4.69) is 19.2 Å². The summed E-state index contributed by atoms with van der Waals surface area (Å²) in [5.74, 6) is -1.36. The van der Waals surface area contributed by atoms with E-state index >= 15 is 0 Å². The van der Waals surface area contributed by atoms with Crippen LogP contribution in [0.1, 0.15) is 59.3 Å². The van der Waals surface area contributed by atoms with Crippen LogP contribution in [0.25, 0.3) is 0 Å². The van der Waals surface area contributed by atoms with E-state index < -0.39 is 11.9 Å². The monoisotopic (exact) mass is 281 g/mol. The summed E-state index contributed by atoms with van der Waals surface area (Å²) in [4.78, 5) is 23.6. The van der Waals surface area contributed by atoms with E-state index in [0.29, 0.717) is 24.2 Å². The van der Waals surface area contributed by atoms with Gasteiger partial charge in [-0.1, -0.05) is 20.8 Å². The Morgan fingerprint density at radius 2 is 1.65 bits per heavy atom. The fourth-order valence-electron chi connectivity index (χ4n) is 3.71. The number of nitrogens with one attached hydrogen (secondary N) is 1. The number of rotatable bonds is 3. The maximum absolute atomic E-state index is 12.4. The van der Waals surface area contributed by atoms with Crippen LogP contribution in [0.15, 0.2) is 0 Å². The van der Waals surface area contributed by atoms with Crippen molar-refractivity contribution in [3.63, 3.8) is 0 Å². The highest BCUT2D eigenvalue weighted by molar-refractivity contribution is 5.85. The quantitative estimate of drug-likeness (QED) is 0.836. The van der Waals surface area contributed by atoms with Crippen LogP contribution < -0.4 is 5.32 Å². The first-order valence-electron chi connectivity index (χ1n) is 7.82. The van der Waals surface area contributed by atoms with E-state index in [1.54, 1.807) is 0 Å². The van der Waals surface area contributed by atoms with E-state index in [0.717, 1.165) is 25.7 Å². The van der Waals surface area contributed by atoms with Gasteiger partial charge in [0.2, 0.25) is 5.91 Å². The van der Waals surface area contributed by atoms with Crippen molar-refractivity contribution in [2.75, 3.05) is 0 Å². The Morgan fingerprint density at radius 3 is 2.20 bits per heavy atom. The first kappa shape index (κ1) is 15.3. The fourth-order valence-corrected chi connectivity index (χ4v) is 3.71. The maximum atomic E-state index is 12.4. The van der Waals surface area contributed by atoms with E-state index in [-0.39, 0.29) is 17.9 Å². The molecule has 4 nitrogen and oxygen atoms in total. The van der Waals surface area contributed by atoms with Crippen molar-refractivity contribution in [1.82, 2.24) is 5.32 Å². The molecule has 2 saturated carbocycles. The number of carbonyl (C=O) groups is 2. The van der Waals surface area contributed by atoms with E-state index in [9.17, 15) is 14.7 Å². The second kappa shape index (κ2) is 5.74. The van der Waals surface area contributed by atoms with Crippen LogP contribution in [-0.2, 0) is 9.59 Å². The Labute approximate surface area is 121 Å². The third-order valence-electron chi connectivity index (χ3n) is 5.14. The molecule has 2 N–H and O–H groups in total. The highest BCUT2D eigenvalue weighted by atomic mass is 16.4. The molecule has 114 valence electrons. The van der Waals surface area contributed by atoms with E-state index in [4.69, 9.17) is 0 Å². The molecule has 0 aromatic rings. The van der Waals surface area contributed by atoms with Crippen molar-refractivity contribution in [1.29, 1.82) is 0 Å². The highest BCUT2D eigenvalue weighted by Gasteiger charge is 2.41. The van der Waals surface area contributed by atoms with Gasteiger partial charge in [-0.25, -0.2) is 0 Å². The first-order valence-corrected chi connectivity index (χ1v) is 7.82. The summed E-state index contributed by atoms with van der Waals surface area (Å²) in [7, 11) is 0. The number of hydrogen-bond donors (Lipinski definition) is 2. The van der Waals surface area contributed by atoms with Gasteiger partial charge in [0, 0.05) is 6.04 Å². The third kappa shape index (κ3) is 3.53. The van der Waals surface area contributed by atoms with Crippen molar-refractivity contribution < 1.29 is 14.7 Å². The number of carbonyl (C=O) groups excluding carboxylic acids is 1. The number of aliphatic carboxylic acids is 1. The molecule has 2 fully saturated rings. The molecule has 20 heavy (non-hydrogen) atoms. The molecule has 0 aromatic carbocycles. The molecular formula is C16H27NO3. The predicted molar refractivity (Wildman–Crippen MR) is 77.2 cm³/mol. The molecule has 0 heterocycles. The van der Waals surface area contributed by atoms with Crippen LogP contribution in [0.3, 0.4) is 0 Å². The van der Waals surface area contributed by atoms with Gasteiger partial charge in [0.05, 0.1) is 11.8 Å². The summed E-state index contributed by atoms with van der Waals surface area (Å²) < 4.78 is 0. The topological polar surface area (TPSA) is 66.4 Å². The van der Waals surface area contributed by atoms with Gasteiger partial charge in [0.15, 0.2) is 0 Å². The van der Waals surface area contributed by atoms with E-state index in [1.165, 1.54) is 0 Å². The molecule has 2 aliphatic carbocycles. The Hall–Kier alpha value is -1.06. The smallest absolute Gasteiger partial charge is 0.307 e. The summed E-state index contributed by atoms with van der Waals surface area (Å²) >= 11 is 0. The van der Waals surface area contributed by atoms with Crippen molar-refractivity contribution in [3.05, 3.63) is 0 Å². The summed E-state index contributed by atoms with van der Waals surface area (Å²) in [6.45, 7) is 6.57. The molecule has 3 unspecified atom stereocenters. The Bertz CT molecular complexity index is 381. The lowest BCUT2D eigenvalue weighted by Gasteiger charge is -2.35. The van der Waals surface area contributed by atoms with Crippen molar-refractivity contribution in [3.8, 4) is 0 Å². The molecule has 0 spiro atoms. The second-order valence-electron chi connectivity index (χ2n) is 7.57. The standard InChI is InChI=1S/C16H27NO3/c1-10-8-12(13(9-10)15(19)20)14(18)17-11-4-6-16(2,3)7-5-11/h10-13H,4-9H2,1-3H3,(H,17,18)(H,19,20). The normalized spacial score (nSPS) is 33.9. The number of hydrogen-bond acceptors (Lipinski definition) is 2. The summed E-state index contributed by atoms with van der Waals surface area (Å²) in [6, 6.07) is 0.237. The summed E-state index contributed by atoms with van der Waals surface area (Å²) in [5, 5.41) is 12.3. The van der Waals surface area contributed by atoms with Gasteiger partial charge in [-0.05, 0) is 49.9 Å². The lowest BCUT2D eigenvalue weighted by molar-refractivity contribution is -0.146. The molecule has 0 aliphatic heterocycles. The molecule has 4 heteroatoms. The lowest BCUT2D eigenvalue weighted by atomic mass is 9.75. The van der Waals surface area contributed by atoms with Crippen LogP contribution in [0.5, 0.6) is 0 Å². The number of carboxylic acids is 1. The molecule has 0 bridgehead atoms. The largest absolute Gasteiger partial charge is 0.481 e. The van der Waals surface area contributed by atoms with Crippen molar-refractivity contribution >= 4 is 11.9 Å². The summed E-state index contributed by atoms with van der Waals surface area (Å²) in [6.07, 6.45) is 5.62. The first-order chi connectivity index (χ1) is 9.28. The number of carboxylic acid groups (broad SMARTS) is 1. The molecule has 2 aliphatic rings. The molecular weight excluding hydrogens is 254 g/mol. The Kier molecular flexibility index (Phi) is 4.40. The van der Waals surface area contributed by atoms with Crippen LogP contribution in [0.2, 0.25) is 0 Å². The zero-order valence-corrected chi connectivity index (χ0v) is 12.8. The van der Waals surface area contributed by atoms with Crippen LogP contribution >= 0.6 is 0 Å². The minimum atomic E-state index is -0.820. The van der Waals surface area contributed by atoms with Gasteiger partial charge in [0.1, 0.15) is 0 Å². The Balaban J connectivity index is 1.90. The maximum Gasteiger partial charge on any atom is 0.307 e. The van der Waals surface area contributed by atoms with Gasteiger partial charge < -0.3 is 10.4 Å². The van der Waals surface area contributed by atoms with Crippen LogP contribution in [-0.4, -0.2) is 23.0 Å². The zero-order chi connectivity index (χ0) is 14.9. The molecule has 3 atom stereocenters. The zero-order valence-electron chi connectivity index (χ0n) is 12.8. The molecule has 1 amide bonds. The van der Waals surface area contributed by atoms with Gasteiger partial charge in [-0.3, -0.25) is 9.59 Å². The van der Waals surface area contributed by atoms with Gasteiger partial charge in [-0.2, -0.15) is 0 Å². The molecule has 0 saturated heterocycles. The SMILES string of the molecule is CC1CC(C(=O)O)C(C(=O)NC2CCC(C)(C)CC2)C1. The van der Waals surface area contributed by atoms with Crippen LogP contribution in [0, 0.1) is 23.2 Å². The second-order valence-corrected chi connectivity index (χ2v) is 7.57. The van der Waals surface area contributed by atoms with Gasteiger partial charge in [-0.15, -0.1) is 0 Å². The molecule has 0 aromatic heterocycles. The average Bonchev–Trinajstić information content (AvgIpc) is 2.74. The number of amides is 1. The van der Waals surface area contributed by atoms with Crippen molar-refractivity contribution in [2.24, 2.45) is 23.2 Å². The molecule has 2 rings (SSSR count). The van der Waals surface area contributed by atoms with Crippen molar-refractivity contribution in [2.45, 2.75) is 65.3 Å². The molecule has 0 radical (unpaired) electrons. The van der Waals surface area contributed by atoms with Crippen LogP contribution in [0.4, 0.5) is 0 Å².